The van der Waals surface area contributed by atoms with Crippen molar-refractivity contribution in [2.24, 2.45) is 0 Å². The van der Waals surface area contributed by atoms with E-state index in [0.717, 1.165) is 58.5 Å². The minimum Gasteiger partial charge on any atom is -0.497 e. The fourth-order valence-electron chi connectivity index (χ4n) is 8.37. The van der Waals surface area contributed by atoms with Crippen molar-refractivity contribution >= 4 is 103 Å². The number of hydrogen-bond acceptors (Lipinski definition) is 4. The normalized spacial score (nSPS) is 14.2. The maximum absolute atomic E-state index is 5.27. The number of nitrogens with zero attached hydrogens (tertiary/aromatic N) is 1. The second-order valence-corrected chi connectivity index (χ2v) is 18.4. The van der Waals surface area contributed by atoms with Gasteiger partial charge in [-0.25, -0.2) is 4.98 Å². The highest BCUT2D eigenvalue weighted by Gasteiger charge is 2.40. The summed E-state index contributed by atoms with van der Waals surface area (Å²) in [6.07, 6.45) is 4.19. The van der Waals surface area contributed by atoms with Crippen LogP contribution in [0, 0.1) is 0 Å². The smallest absolute Gasteiger partial charge is 0.140 e. The van der Waals surface area contributed by atoms with Gasteiger partial charge in [-0.05, 0) is 96.6 Å². The number of thiazole rings is 1. The Labute approximate surface area is 367 Å². The van der Waals surface area contributed by atoms with Crippen molar-refractivity contribution in [3.05, 3.63) is 172 Å². The lowest BCUT2D eigenvalue weighted by molar-refractivity contribution is 0.415. The molecule has 0 fully saturated rings. The van der Waals surface area contributed by atoms with Crippen molar-refractivity contribution in [1.29, 1.82) is 0 Å². The molecule has 0 radical (unpaired) electrons. The van der Waals surface area contributed by atoms with Gasteiger partial charge in [-0.1, -0.05) is 94.2 Å². The van der Waals surface area contributed by atoms with Gasteiger partial charge in [-0.3, -0.25) is 0 Å². The molecule has 0 saturated heterocycles. The van der Waals surface area contributed by atoms with E-state index in [4.69, 9.17) is 4.74 Å². The number of anilines is 1. The van der Waals surface area contributed by atoms with Crippen molar-refractivity contribution < 1.29 is 4.74 Å². The van der Waals surface area contributed by atoms with Gasteiger partial charge in [0.15, 0.2) is 0 Å². The third-order valence-corrected chi connectivity index (χ3v) is 13.5. The Hall–Kier alpha value is -6.07. The number of rotatable bonds is 4. The molecule has 0 saturated carbocycles. The number of methoxy groups -OCH3 is 1. The van der Waals surface area contributed by atoms with E-state index in [0.29, 0.717) is 0 Å². The van der Waals surface area contributed by atoms with E-state index in [1.54, 1.807) is 18.4 Å². The monoisotopic (exact) mass is 930 g/mol. The van der Waals surface area contributed by atoms with Gasteiger partial charge in [-0.2, -0.15) is 0 Å². The zero-order valence-corrected chi connectivity index (χ0v) is 37.0. The minimum atomic E-state index is 0.0635. The number of aromatic nitrogens is 5. The highest BCUT2D eigenvalue weighted by atomic mass is 79.9. The van der Waals surface area contributed by atoms with E-state index in [1.807, 2.05) is 48.7 Å². The predicted octanol–water partition coefficient (Wildman–Crippen LogP) is 14.9. The van der Waals surface area contributed by atoms with E-state index in [-0.39, 0.29) is 11.5 Å². The standard InChI is InChI=1S/C18H17BrN2.C17H14N2O.C15H9BrN2S/c1-18(2)14-5-3-4-6-16(14)21-17(18)13-10-20-15-8-7-11(19)9-12(13)15;1-20-12-6-7-15-11(8-12)9-17(19-15)14-10-18-16-5-3-2-4-13(14)16;16-10-5-6-11-9(7-10)8-13(17-11)15-18-12-3-1-2-4-14(12)19-15/h3-10,17,20-21H,1-2H3;2-10,18-19H,1H3;1-8,17H. The van der Waals surface area contributed by atoms with Gasteiger partial charge in [0.1, 0.15) is 10.8 Å². The van der Waals surface area contributed by atoms with Crippen LogP contribution in [-0.4, -0.2) is 32.0 Å². The molecule has 5 aromatic heterocycles. The lowest BCUT2D eigenvalue weighted by Crippen LogP contribution is -2.25. The van der Waals surface area contributed by atoms with Crippen molar-refractivity contribution in [3.8, 4) is 27.7 Å². The van der Waals surface area contributed by atoms with Crippen LogP contribution >= 0.6 is 43.2 Å². The maximum atomic E-state index is 5.27. The fraction of sp³-hybridized carbons (Fsp3) is 0.100. The lowest BCUT2D eigenvalue weighted by Gasteiger charge is -2.27. The van der Waals surface area contributed by atoms with Gasteiger partial charge < -0.3 is 30.0 Å². The molecule has 60 heavy (non-hydrogen) atoms. The Morgan fingerprint density at radius 3 is 2.13 bits per heavy atom. The molecular formula is C50H40Br2N6OS. The SMILES string of the molecule is Brc1ccc2[nH]c(-c3nc4ccccc4s3)cc2c1.CC1(C)c2ccccc2NC1c1c[nH]c2ccc(Br)cc12.COc1ccc2[nH]c(-c3c[nH]c4ccccc34)cc2c1. The summed E-state index contributed by atoms with van der Waals surface area (Å²) in [6, 6.07) is 48.4. The number of hydrogen-bond donors (Lipinski definition) is 5. The topological polar surface area (TPSA) is 97.3 Å². The zero-order chi connectivity index (χ0) is 41.0. The number of aromatic amines is 4. The molecule has 0 aliphatic carbocycles. The van der Waals surface area contributed by atoms with Crippen LogP contribution in [0.15, 0.2) is 161 Å². The Morgan fingerprint density at radius 2 is 1.30 bits per heavy atom. The maximum Gasteiger partial charge on any atom is 0.140 e. The zero-order valence-electron chi connectivity index (χ0n) is 33.0. The van der Waals surface area contributed by atoms with E-state index >= 15 is 0 Å². The summed E-state index contributed by atoms with van der Waals surface area (Å²) >= 11 is 8.80. The molecule has 11 aromatic rings. The summed E-state index contributed by atoms with van der Waals surface area (Å²) in [4.78, 5) is 18.3. The number of nitrogens with one attached hydrogen (secondary N) is 5. The van der Waals surface area contributed by atoms with Crippen LogP contribution in [-0.2, 0) is 5.41 Å². The molecule has 0 spiro atoms. The van der Waals surface area contributed by atoms with E-state index in [2.05, 4.69) is 179 Å². The summed E-state index contributed by atoms with van der Waals surface area (Å²) < 4.78 is 8.70. The molecule has 1 unspecified atom stereocenters. The van der Waals surface area contributed by atoms with Crippen molar-refractivity contribution in [2.75, 3.05) is 12.4 Å². The molecule has 7 nitrogen and oxygen atoms in total. The van der Waals surface area contributed by atoms with Crippen LogP contribution in [0.1, 0.15) is 31.0 Å². The van der Waals surface area contributed by atoms with Crippen LogP contribution in [0.4, 0.5) is 5.69 Å². The van der Waals surface area contributed by atoms with Crippen LogP contribution in [0.25, 0.3) is 75.8 Å². The Morgan fingerprint density at radius 1 is 0.633 bits per heavy atom. The van der Waals surface area contributed by atoms with E-state index in [9.17, 15) is 0 Å². The molecule has 10 heteroatoms. The van der Waals surface area contributed by atoms with E-state index < -0.39 is 0 Å². The third kappa shape index (κ3) is 7.08. The molecule has 12 rings (SSSR count). The number of para-hydroxylation sites is 3. The van der Waals surface area contributed by atoms with Crippen LogP contribution < -0.4 is 10.1 Å². The molecule has 6 aromatic carbocycles. The van der Waals surface area contributed by atoms with Crippen molar-refractivity contribution in [1.82, 2.24) is 24.9 Å². The van der Waals surface area contributed by atoms with Gasteiger partial charge in [0.2, 0.25) is 0 Å². The molecule has 6 heterocycles. The summed E-state index contributed by atoms with van der Waals surface area (Å²) in [7, 11) is 1.69. The van der Waals surface area contributed by atoms with Gasteiger partial charge >= 0.3 is 0 Å². The first-order valence-corrected chi connectivity index (χ1v) is 22.1. The minimum absolute atomic E-state index is 0.0635. The van der Waals surface area contributed by atoms with Crippen molar-refractivity contribution in [2.45, 2.75) is 25.3 Å². The van der Waals surface area contributed by atoms with Gasteiger partial charge in [-0.15, -0.1) is 11.3 Å². The molecule has 1 atom stereocenters. The highest BCUT2D eigenvalue weighted by Crippen LogP contribution is 2.49. The molecule has 1 aliphatic heterocycles. The van der Waals surface area contributed by atoms with Crippen LogP contribution in [0.2, 0.25) is 0 Å². The number of fused-ring (bicyclic) bond motifs is 6. The number of ether oxygens (including phenoxy) is 1. The Bertz CT molecular complexity index is 3300. The summed E-state index contributed by atoms with van der Waals surface area (Å²) in [5, 5.41) is 9.60. The number of benzene rings is 6. The van der Waals surface area contributed by atoms with E-state index in [1.165, 1.54) is 48.8 Å². The lowest BCUT2D eigenvalue weighted by atomic mass is 9.78. The Balaban J connectivity index is 0.000000108. The molecule has 5 N–H and O–H groups in total. The third-order valence-electron chi connectivity index (χ3n) is 11.4. The average molecular weight is 933 g/mol. The van der Waals surface area contributed by atoms with Crippen LogP contribution in [0.5, 0.6) is 5.75 Å². The molecule has 0 bridgehead atoms. The first-order chi connectivity index (χ1) is 29.2. The Kier molecular flexibility index (Phi) is 9.86. The van der Waals surface area contributed by atoms with Crippen LogP contribution in [0.3, 0.4) is 0 Å². The first-order valence-electron chi connectivity index (χ1n) is 19.7. The molecule has 0 amide bonds. The number of H-pyrrole nitrogens is 4. The summed E-state index contributed by atoms with van der Waals surface area (Å²) in [6.45, 7) is 4.63. The largest absolute Gasteiger partial charge is 0.497 e. The summed E-state index contributed by atoms with van der Waals surface area (Å²) in [5.74, 6) is 0.877. The summed E-state index contributed by atoms with van der Waals surface area (Å²) in [5.41, 5.74) is 13.1. The predicted molar refractivity (Wildman–Crippen MR) is 259 cm³/mol. The average Bonchev–Trinajstić information content (AvgIpc) is 4.12. The first kappa shape index (κ1) is 38.2. The molecule has 1 aliphatic rings. The number of halogens is 2. The van der Waals surface area contributed by atoms with Gasteiger partial charge in [0.05, 0.1) is 29.1 Å². The molecule has 296 valence electrons. The second-order valence-electron chi connectivity index (χ2n) is 15.6. The second kappa shape index (κ2) is 15.5. The molecular weight excluding hydrogens is 892 g/mol. The highest BCUT2D eigenvalue weighted by molar-refractivity contribution is 9.10. The van der Waals surface area contributed by atoms with Crippen molar-refractivity contribution in [3.63, 3.8) is 0 Å². The quantitative estimate of drug-likeness (QED) is 0.122. The fourth-order valence-corrected chi connectivity index (χ4v) is 10.0. The van der Waals surface area contributed by atoms with Gasteiger partial charge in [0, 0.05) is 92.9 Å². The van der Waals surface area contributed by atoms with Gasteiger partial charge in [0.25, 0.3) is 0 Å².